The molecule has 1 saturated heterocycles. The van der Waals surface area contributed by atoms with Crippen molar-refractivity contribution in [3.05, 3.63) is 101 Å². The van der Waals surface area contributed by atoms with Gasteiger partial charge in [0.2, 0.25) is 0 Å². The highest BCUT2D eigenvalue weighted by Gasteiger charge is 2.24. The van der Waals surface area contributed by atoms with Crippen molar-refractivity contribution in [1.29, 1.82) is 0 Å². The molecule has 5 nitrogen and oxygen atoms in total. The van der Waals surface area contributed by atoms with Gasteiger partial charge in [-0.15, -0.1) is 0 Å². The molecule has 0 unspecified atom stereocenters. The number of hydrogen-bond acceptors (Lipinski definition) is 5. The van der Waals surface area contributed by atoms with Crippen LogP contribution in [0, 0.1) is 7.14 Å². The van der Waals surface area contributed by atoms with Crippen molar-refractivity contribution in [3.8, 4) is 11.5 Å². The number of methoxy groups -OCH3 is 1. The Morgan fingerprint density at radius 2 is 1.78 bits per heavy atom. The van der Waals surface area contributed by atoms with E-state index >= 15 is 0 Å². The van der Waals surface area contributed by atoms with E-state index in [1.165, 1.54) is 22.5 Å². The minimum atomic E-state index is -0.203. The van der Waals surface area contributed by atoms with Crippen molar-refractivity contribution in [3.63, 3.8) is 0 Å². The fraction of sp³-hybridized carbons (Fsp3) is 0.0714. The number of amidine groups is 1. The number of fused-ring (bicyclic) bond motifs is 1. The lowest BCUT2D eigenvalue weighted by molar-refractivity contribution is -0.115. The zero-order valence-corrected chi connectivity index (χ0v) is 25.3. The molecule has 1 heterocycles. The standard InChI is InChI=1S/C28H19ClI2N2O3S/c1-35-24-10-9-19(29)14-23(24)32-28-33-27(34)25(37-28)13-16-11-21(30)26(22(31)12-16)36-15-18-7-4-6-17-5-2-3-8-20(17)18/h2-14H,15H2,1H3,(H,32,33,34)/b25-13-. The zero-order valence-electron chi connectivity index (χ0n) is 19.4. The maximum absolute atomic E-state index is 12.6. The molecule has 0 saturated carbocycles. The van der Waals surface area contributed by atoms with Gasteiger partial charge in [-0.2, -0.15) is 0 Å². The van der Waals surface area contributed by atoms with Crippen LogP contribution in [0.5, 0.6) is 11.5 Å². The molecule has 1 amide bonds. The summed E-state index contributed by atoms with van der Waals surface area (Å²) in [5.41, 5.74) is 2.60. The number of nitrogens with one attached hydrogen (secondary N) is 1. The van der Waals surface area contributed by atoms with Crippen LogP contribution in [0.3, 0.4) is 0 Å². The van der Waals surface area contributed by atoms with Gasteiger partial charge in [-0.05, 0) is 115 Å². The lowest BCUT2D eigenvalue weighted by Crippen LogP contribution is -2.19. The molecule has 1 fully saturated rings. The number of carbonyl (C=O) groups excluding carboxylic acids is 1. The van der Waals surface area contributed by atoms with E-state index in [2.05, 4.69) is 85.8 Å². The first kappa shape index (κ1) is 26.3. The number of aliphatic imine (C=N–C) groups is 1. The predicted molar refractivity (Wildman–Crippen MR) is 169 cm³/mol. The number of amides is 1. The molecule has 4 aromatic carbocycles. The Labute approximate surface area is 251 Å². The van der Waals surface area contributed by atoms with Crippen molar-refractivity contribution in [1.82, 2.24) is 5.32 Å². The summed E-state index contributed by atoms with van der Waals surface area (Å²) < 4.78 is 13.6. The quantitative estimate of drug-likeness (QED) is 0.160. The molecule has 9 heteroatoms. The van der Waals surface area contributed by atoms with E-state index < -0.39 is 0 Å². The van der Waals surface area contributed by atoms with Crippen LogP contribution < -0.4 is 14.8 Å². The molecule has 1 aliphatic rings. The number of rotatable bonds is 6. The van der Waals surface area contributed by atoms with Crippen LogP contribution in [0.15, 0.2) is 82.7 Å². The normalized spacial score (nSPS) is 15.4. The molecule has 37 heavy (non-hydrogen) atoms. The van der Waals surface area contributed by atoms with Crippen molar-refractivity contribution < 1.29 is 14.3 Å². The molecular formula is C28H19ClI2N2O3S. The fourth-order valence-electron chi connectivity index (χ4n) is 3.86. The second-order valence-corrected chi connectivity index (χ2v) is 11.8. The second kappa shape index (κ2) is 11.6. The van der Waals surface area contributed by atoms with Crippen LogP contribution in [-0.2, 0) is 11.4 Å². The molecule has 0 spiro atoms. The Bertz CT molecular complexity index is 1560. The third-order valence-electron chi connectivity index (χ3n) is 5.58. The summed E-state index contributed by atoms with van der Waals surface area (Å²) in [6.45, 7) is 0.471. The lowest BCUT2D eigenvalue weighted by atomic mass is 10.1. The molecule has 1 aliphatic heterocycles. The van der Waals surface area contributed by atoms with Gasteiger partial charge in [-0.3, -0.25) is 4.79 Å². The lowest BCUT2D eigenvalue weighted by Gasteiger charge is -2.13. The number of thioether (sulfide) groups is 1. The maximum Gasteiger partial charge on any atom is 0.264 e. The predicted octanol–water partition coefficient (Wildman–Crippen LogP) is 8.18. The molecule has 0 atom stereocenters. The van der Waals surface area contributed by atoms with Crippen LogP contribution in [0.4, 0.5) is 5.69 Å². The van der Waals surface area contributed by atoms with Gasteiger partial charge in [0.25, 0.3) is 5.91 Å². The zero-order chi connectivity index (χ0) is 25.9. The number of halogens is 3. The van der Waals surface area contributed by atoms with Gasteiger partial charge in [0.05, 0.1) is 19.2 Å². The number of ether oxygens (including phenoxy) is 2. The molecule has 0 aliphatic carbocycles. The van der Waals surface area contributed by atoms with Gasteiger partial charge >= 0.3 is 0 Å². The number of benzene rings is 4. The summed E-state index contributed by atoms with van der Waals surface area (Å²) >= 11 is 11.9. The Balaban J connectivity index is 1.35. The second-order valence-electron chi connectivity index (χ2n) is 8.04. The minimum absolute atomic E-state index is 0.203. The summed E-state index contributed by atoms with van der Waals surface area (Å²) in [6.07, 6.45) is 1.86. The third-order valence-corrected chi connectivity index (χ3v) is 8.33. The summed E-state index contributed by atoms with van der Waals surface area (Å²) in [7, 11) is 1.57. The van der Waals surface area contributed by atoms with Gasteiger partial charge in [-0.25, -0.2) is 4.99 Å². The Morgan fingerprint density at radius 3 is 2.57 bits per heavy atom. The molecule has 186 valence electrons. The Hall–Kier alpha value is -2.28. The van der Waals surface area contributed by atoms with Crippen molar-refractivity contribution in [2.75, 3.05) is 7.11 Å². The summed E-state index contributed by atoms with van der Waals surface area (Å²) in [5.74, 6) is 1.20. The van der Waals surface area contributed by atoms with E-state index in [9.17, 15) is 4.79 Å². The molecular weight excluding hydrogens is 734 g/mol. The molecule has 5 rings (SSSR count). The van der Waals surface area contributed by atoms with E-state index in [-0.39, 0.29) is 5.91 Å². The molecule has 0 aromatic heterocycles. The van der Waals surface area contributed by atoms with Crippen molar-refractivity contribution >= 4 is 102 Å². The summed E-state index contributed by atoms with van der Waals surface area (Å²) in [5, 5.41) is 6.21. The number of hydrogen-bond donors (Lipinski definition) is 1. The van der Waals surface area contributed by atoms with Gasteiger partial charge < -0.3 is 14.8 Å². The monoisotopic (exact) mass is 752 g/mol. The van der Waals surface area contributed by atoms with E-state index in [0.29, 0.717) is 33.1 Å². The Kier molecular flexibility index (Phi) is 8.28. The van der Waals surface area contributed by atoms with E-state index in [0.717, 1.165) is 24.0 Å². The van der Waals surface area contributed by atoms with Crippen LogP contribution >= 0.6 is 68.5 Å². The van der Waals surface area contributed by atoms with Gasteiger partial charge in [0.15, 0.2) is 5.17 Å². The smallest absolute Gasteiger partial charge is 0.264 e. The minimum Gasteiger partial charge on any atom is -0.494 e. The topological polar surface area (TPSA) is 59.9 Å². The van der Waals surface area contributed by atoms with E-state index in [1.54, 1.807) is 25.3 Å². The third kappa shape index (κ3) is 6.08. The van der Waals surface area contributed by atoms with Gasteiger partial charge in [0, 0.05) is 5.02 Å². The van der Waals surface area contributed by atoms with E-state index in [1.807, 2.05) is 30.3 Å². The average molecular weight is 753 g/mol. The molecule has 4 aromatic rings. The highest BCUT2D eigenvalue weighted by molar-refractivity contribution is 14.1. The largest absolute Gasteiger partial charge is 0.494 e. The van der Waals surface area contributed by atoms with Crippen LogP contribution in [-0.4, -0.2) is 18.2 Å². The van der Waals surface area contributed by atoms with Crippen LogP contribution in [0.25, 0.3) is 16.8 Å². The molecule has 0 bridgehead atoms. The van der Waals surface area contributed by atoms with Crippen molar-refractivity contribution in [2.45, 2.75) is 6.61 Å². The summed E-state index contributed by atoms with van der Waals surface area (Å²) in [4.78, 5) is 17.7. The fourth-order valence-corrected chi connectivity index (χ4v) is 6.99. The van der Waals surface area contributed by atoms with Gasteiger partial charge in [-0.1, -0.05) is 54.1 Å². The molecule has 0 radical (unpaired) electrons. The Morgan fingerprint density at radius 1 is 1.03 bits per heavy atom. The van der Waals surface area contributed by atoms with Gasteiger partial charge in [0.1, 0.15) is 23.8 Å². The summed E-state index contributed by atoms with van der Waals surface area (Å²) in [6, 6.07) is 23.7. The first-order chi connectivity index (χ1) is 17.9. The van der Waals surface area contributed by atoms with Crippen molar-refractivity contribution in [2.24, 2.45) is 4.99 Å². The van der Waals surface area contributed by atoms with Crippen LogP contribution in [0.1, 0.15) is 11.1 Å². The van der Waals surface area contributed by atoms with E-state index in [4.69, 9.17) is 21.1 Å². The number of nitrogens with zero attached hydrogens (tertiary/aromatic N) is 1. The first-order valence-electron chi connectivity index (χ1n) is 11.1. The number of carbonyl (C=O) groups is 1. The highest BCUT2D eigenvalue weighted by atomic mass is 127. The SMILES string of the molecule is COc1ccc(Cl)cc1N=C1NC(=O)/C(=C/c2cc(I)c(OCc3cccc4ccccc34)c(I)c2)S1. The highest BCUT2D eigenvalue weighted by Crippen LogP contribution is 2.35. The molecule has 1 N–H and O–H groups in total. The van der Waals surface area contributed by atoms with Crippen LogP contribution in [0.2, 0.25) is 5.02 Å². The average Bonchev–Trinajstić information content (AvgIpc) is 3.21. The maximum atomic E-state index is 12.6. The first-order valence-corrected chi connectivity index (χ1v) is 14.5.